The molecule has 0 bridgehead atoms. The summed E-state index contributed by atoms with van der Waals surface area (Å²) in [5.74, 6) is 0. The Morgan fingerprint density at radius 3 is 0.353 bits per heavy atom. The van der Waals surface area contributed by atoms with Crippen molar-refractivity contribution in [3.63, 3.8) is 0 Å². The van der Waals surface area contributed by atoms with E-state index in [0.717, 1.165) is 0 Å². The van der Waals surface area contributed by atoms with Gasteiger partial charge in [0.15, 0.2) is 0 Å². The summed E-state index contributed by atoms with van der Waals surface area (Å²) in [4.78, 5) is 0. The molecule has 0 unspecified atom stereocenters. The van der Waals surface area contributed by atoms with Crippen LogP contribution in [-0.2, 0) is 0 Å². The summed E-state index contributed by atoms with van der Waals surface area (Å²) in [6.45, 7) is 0. The number of rotatable bonds is 0. The van der Waals surface area contributed by atoms with E-state index >= 15 is 0 Å². The van der Waals surface area contributed by atoms with Crippen molar-refractivity contribution < 1.29 is 138 Å². The second kappa shape index (κ2) is 14.2. The first-order valence-corrected chi connectivity index (χ1v) is 5.55. The van der Waals surface area contributed by atoms with E-state index in [-0.39, 0.29) is 89.1 Å². The van der Waals surface area contributed by atoms with Crippen LogP contribution in [0, 0.1) is 30.7 Å². The number of hydrogen-bond acceptors (Lipinski definition) is 12. The average Bonchev–Trinajstić information content (AvgIpc) is 1.41. The van der Waals surface area contributed by atoms with Gasteiger partial charge in [-0.2, -0.15) is 0 Å². The van der Waals surface area contributed by atoms with Gasteiger partial charge in [0.1, 0.15) is 0 Å². The Kier molecular flexibility index (Phi) is 27.0. The molecule has 0 aromatic rings. The third kappa shape index (κ3) is 534. The summed E-state index contributed by atoms with van der Waals surface area (Å²) < 4.78 is 102. The fraction of sp³-hybridized carbons (Fsp3) is 0. The SMILES string of the molecule is [Ca+2].[K+].[O-][Cl+3]([O-])([O-])[O-].[O-][Cl+3]([O-])([O-])[O-].[O-][Cl+3]([O-])([O-])[O-]. The molecule has 0 saturated heterocycles. The standard InChI is InChI=1S/Ca.3ClHO4.K/c;3*2-1(3,4)5;/h;3*(H,2,3,4,5);/q+2;;;;+1/p-3. The van der Waals surface area contributed by atoms with Crippen molar-refractivity contribution in [1.29, 1.82) is 0 Å². The number of hydrogen-bond donors (Lipinski definition) is 0. The Hall–Kier alpha value is 3.29. The minimum absolute atomic E-state index is 0. The Morgan fingerprint density at radius 1 is 0.353 bits per heavy atom. The molecule has 0 aromatic carbocycles. The predicted octanol–water partition coefficient (Wildman–Crippen LogP) is -17.6. The van der Waals surface area contributed by atoms with Crippen molar-refractivity contribution in [2.75, 3.05) is 0 Å². The van der Waals surface area contributed by atoms with Crippen LogP contribution in [0.25, 0.3) is 0 Å². The minimum atomic E-state index is -4.94. The van der Waals surface area contributed by atoms with Crippen LogP contribution in [0.5, 0.6) is 0 Å². The van der Waals surface area contributed by atoms with Gasteiger partial charge in [-0.25, -0.2) is 55.9 Å². The Morgan fingerprint density at radius 2 is 0.353 bits per heavy atom. The molecule has 0 aromatic heterocycles. The monoisotopic (exact) mass is 376 g/mol. The summed E-state index contributed by atoms with van der Waals surface area (Å²) in [5.41, 5.74) is 0. The van der Waals surface area contributed by atoms with E-state index in [4.69, 9.17) is 55.9 Å². The van der Waals surface area contributed by atoms with E-state index in [0.29, 0.717) is 0 Å². The van der Waals surface area contributed by atoms with Gasteiger partial charge >= 0.3 is 89.1 Å². The maximum Gasteiger partial charge on any atom is 2.00 e. The molecule has 0 heterocycles. The van der Waals surface area contributed by atoms with Crippen LogP contribution in [0.3, 0.4) is 0 Å². The van der Waals surface area contributed by atoms with Crippen molar-refractivity contribution >= 4 is 37.7 Å². The van der Waals surface area contributed by atoms with Gasteiger partial charge in [-0.15, -0.1) is 30.7 Å². The van der Waals surface area contributed by atoms with E-state index in [9.17, 15) is 0 Å². The van der Waals surface area contributed by atoms with Gasteiger partial charge in [0.25, 0.3) is 0 Å². The van der Waals surface area contributed by atoms with Gasteiger partial charge in [-0.3, -0.25) is 0 Å². The first-order chi connectivity index (χ1) is 6.00. The molecule has 0 spiro atoms. The minimum Gasteiger partial charge on any atom is -0.222 e. The average molecular weight is 378 g/mol. The molecule has 0 amide bonds. The molecule has 0 saturated carbocycles. The van der Waals surface area contributed by atoms with E-state index in [2.05, 4.69) is 0 Å². The van der Waals surface area contributed by atoms with Crippen LogP contribution in [0.15, 0.2) is 0 Å². The van der Waals surface area contributed by atoms with E-state index in [1.807, 2.05) is 0 Å². The summed E-state index contributed by atoms with van der Waals surface area (Å²) in [6, 6.07) is 0. The third-order valence-corrected chi connectivity index (χ3v) is 0. The largest absolute Gasteiger partial charge is 2.00 e. The summed E-state index contributed by atoms with van der Waals surface area (Å²) in [5, 5.41) is 0. The zero-order valence-electron chi connectivity index (χ0n) is 7.74. The van der Waals surface area contributed by atoms with Crippen molar-refractivity contribution in [3.05, 3.63) is 0 Å². The second-order valence-corrected chi connectivity index (χ2v) is 3.40. The number of halogens is 3. The molecular formula is CaCl3KO12. The maximum absolute atomic E-state index is 8.49. The van der Waals surface area contributed by atoms with Crippen LogP contribution >= 0.6 is 0 Å². The van der Waals surface area contributed by atoms with Gasteiger partial charge in [-0.1, -0.05) is 0 Å². The van der Waals surface area contributed by atoms with Crippen LogP contribution in [0.4, 0.5) is 0 Å². The summed E-state index contributed by atoms with van der Waals surface area (Å²) in [7, 11) is -14.8. The topological polar surface area (TPSA) is 277 Å². The maximum atomic E-state index is 8.49. The Labute approximate surface area is 172 Å². The van der Waals surface area contributed by atoms with Crippen LogP contribution < -0.4 is 107 Å². The van der Waals surface area contributed by atoms with Gasteiger partial charge in [0, 0.05) is 0 Å². The molecule has 0 aliphatic rings. The molecule has 0 aliphatic heterocycles. The smallest absolute Gasteiger partial charge is 0.222 e. The quantitative estimate of drug-likeness (QED) is 0.355. The van der Waals surface area contributed by atoms with Crippen LogP contribution in [0.1, 0.15) is 0 Å². The molecule has 0 fully saturated rings. The summed E-state index contributed by atoms with van der Waals surface area (Å²) in [6.07, 6.45) is 0. The summed E-state index contributed by atoms with van der Waals surface area (Å²) >= 11 is 0. The fourth-order valence-corrected chi connectivity index (χ4v) is 0. The van der Waals surface area contributed by atoms with E-state index in [1.165, 1.54) is 0 Å². The Bertz CT molecular complexity index is 96.8. The molecule has 0 aliphatic carbocycles. The van der Waals surface area contributed by atoms with Crippen LogP contribution in [-0.4, -0.2) is 37.7 Å². The molecule has 0 radical (unpaired) electrons. The van der Waals surface area contributed by atoms with Crippen molar-refractivity contribution in [3.8, 4) is 0 Å². The van der Waals surface area contributed by atoms with Gasteiger partial charge in [0.05, 0.1) is 0 Å². The Balaban J connectivity index is -0.0000000400. The van der Waals surface area contributed by atoms with Crippen molar-refractivity contribution in [1.82, 2.24) is 0 Å². The normalized spacial score (nSPS) is 10.6. The molecular weight excluding hydrogens is 378 g/mol. The first kappa shape index (κ1) is 32.3. The second-order valence-electron chi connectivity index (χ2n) is 1.13. The molecule has 17 heavy (non-hydrogen) atoms. The molecule has 96 valence electrons. The molecule has 17 heteroatoms. The van der Waals surface area contributed by atoms with Crippen molar-refractivity contribution in [2.24, 2.45) is 0 Å². The third-order valence-electron chi connectivity index (χ3n) is 0. The first-order valence-electron chi connectivity index (χ1n) is 1.85. The van der Waals surface area contributed by atoms with Crippen LogP contribution in [0.2, 0.25) is 0 Å². The molecule has 12 nitrogen and oxygen atoms in total. The van der Waals surface area contributed by atoms with Gasteiger partial charge in [0.2, 0.25) is 0 Å². The predicted molar refractivity (Wildman–Crippen MR) is 5.75 cm³/mol. The zero-order chi connectivity index (χ0) is 13.5. The molecule has 0 N–H and O–H groups in total. The molecule has 0 atom stereocenters. The van der Waals surface area contributed by atoms with Gasteiger partial charge < -0.3 is 0 Å². The van der Waals surface area contributed by atoms with E-state index < -0.39 is 30.7 Å². The zero-order valence-corrected chi connectivity index (χ0v) is 15.3. The van der Waals surface area contributed by atoms with E-state index in [1.54, 1.807) is 0 Å². The fourth-order valence-electron chi connectivity index (χ4n) is 0. The van der Waals surface area contributed by atoms with Crippen molar-refractivity contribution in [2.45, 2.75) is 0 Å². The van der Waals surface area contributed by atoms with Gasteiger partial charge in [-0.05, 0) is 0 Å². The molecule has 0 rings (SSSR count).